The van der Waals surface area contributed by atoms with Crippen LogP contribution in [0.3, 0.4) is 0 Å². The van der Waals surface area contributed by atoms with Gasteiger partial charge in [-0.25, -0.2) is 9.97 Å². The number of rotatable bonds is 7. The number of pyridine rings is 1. The SMILES string of the molecule is CC[C@@H](Nc1cc(C)c(-c2sc(C(=O)NC3CC(O)C3)nc2C(=O)N2CCC[C@@H]2C)cn1)C(F)(F)F. The number of hydrogen-bond acceptors (Lipinski definition) is 7. The third kappa shape index (κ3) is 5.49. The van der Waals surface area contributed by atoms with Crippen LogP contribution >= 0.6 is 11.3 Å². The molecule has 196 valence electrons. The lowest BCUT2D eigenvalue weighted by Crippen LogP contribution is -2.46. The first-order valence-corrected chi connectivity index (χ1v) is 12.9. The lowest BCUT2D eigenvalue weighted by molar-refractivity contribution is -0.142. The fourth-order valence-electron chi connectivity index (χ4n) is 4.54. The lowest BCUT2D eigenvalue weighted by Gasteiger charge is -2.31. The summed E-state index contributed by atoms with van der Waals surface area (Å²) in [5.41, 5.74) is 1.28. The number of aryl methyl sites for hydroxylation is 1. The highest BCUT2D eigenvalue weighted by Crippen LogP contribution is 2.36. The van der Waals surface area contributed by atoms with Crippen molar-refractivity contribution >= 4 is 29.0 Å². The van der Waals surface area contributed by atoms with Crippen molar-refractivity contribution in [3.05, 3.63) is 28.5 Å². The van der Waals surface area contributed by atoms with Crippen molar-refractivity contribution in [3.8, 4) is 10.4 Å². The van der Waals surface area contributed by atoms with E-state index in [0.717, 1.165) is 24.2 Å². The van der Waals surface area contributed by atoms with Gasteiger partial charge in [-0.05, 0) is 57.6 Å². The van der Waals surface area contributed by atoms with Gasteiger partial charge in [0.25, 0.3) is 11.8 Å². The number of carbonyl (C=O) groups is 2. The van der Waals surface area contributed by atoms with Crippen LogP contribution in [0.15, 0.2) is 12.3 Å². The highest BCUT2D eigenvalue weighted by atomic mass is 32.1. The van der Waals surface area contributed by atoms with Crippen LogP contribution in [0.2, 0.25) is 0 Å². The van der Waals surface area contributed by atoms with Gasteiger partial charge in [0.15, 0.2) is 5.01 Å². The molecule has 8 nitrogen and oxygen atoms in total. The molecule has 0 aromatic carbocycles. The van der Waals surface area contributed by atoms with Gasteiger partial charge >= 0.3 is 6.18 Å². The van der Waals surface area contributed by atoms with Crippen LogP contribution in [0.25, 0.3) is 10.4 Å². The zero-order valence-electron chi connectivity index (χ0n) is 20.4. The fourth-order valence-corrected chi connectivity index (χ4v) is 5.57. The Morgan fingerprint density at radius 3 is 2.61 bits per heavy atom. The number of nitrogens with zero attached hydrogens (tertiary/aromatic N) is 3. The number of hydrogen-bond donors (Lipinski definition) is 3. The maximum Gasteiger partial charge on any atom is 0.408 e. The molecule has 2 aromatic heterocycles. The number of anilines is 1. The number of alkyl halides is 3. The van der Waals surface area contributed by atoms with Crippen LogP contribution in [0.4, 0.5) is 19.0 Å². The number of carbonyl (C=O) groups excluding carboxylic acids is 2. The minimum atomic E-state index is -4.41. The normalized spacial score (nSPS) is 22.8. The molecule has 0 spiro atoms. The summed E-state index contributed by atoms with van der Waals surface area (Å²) in [6.45, 7) is 5.72. The summed E-state index contributed by atoms with van der Waals surface area (Å²) in [5, 5.41) is 14.9. The van der Waals surface area contributed by atoms with Crippen LogP contribution < -0.4 is 10.6 Å². The smallest absolute Gasteiger partial charge is 0.393 e. The Labute approximate surface area is 211 Å². The summed E-state index contributed by atoms with van der Waals surface area (Å²) >= 11 is 1.06. The zero-order valence-corrected chi connectivity index (χ0v) is 21.2. The maximum atomic E-state index is 13.4. The number of aliphatic hydroxyl groups is 1. The predicted octanol–water partition coefficient (Wildman–Crippen LogP) is 4.14. The van der Waals surface area contributed by atoms with Gasteiger partial charge in [0, 0.05) is 30.4 Å². The van der Waals surface area contributed by atoms with Crippen LogP contribution in [0.5, 0.6) is 0 Å². The maximum absolute atomic E-state index is 13.4. The third-order valence-electron chi connectivity index (χ3n) is 6.77. The third-order valence-corrected chi connectivity index (χ3v) is 7.85. The molecule has 2 atom stereocenters. The van der Waals surface area contributed by atoms with Gasteiger partial charge in [-0.3, -0.25) is 9.59 Å². The molecule has 3 N–H and O–H groups in total. The number of likely N-dealkylation sites (tertiary alicyclic amines) is 1. The van der Waals surface area contributed by atoms with Gasteiger partial charge in [0.2, 0.25) is 0 Å². The summed E-state index contributed by atoms with van der Waals surface area (Å²) in [7, 11) is 0. The molecule has 1 aliphatic carbocycles. The summed E-state index contributed by atoms with van der Waals surface area (Å²) < 4.78 is 39.6. The Morgan fingerprint density at radius 1 is 1.33 bits per heavy atom. The predicted molar refractivity (Wildman–Crippen MR) is 130 cm³/mol. The van der Waals surface area contributed by atoms with Crippen LogP contribution in [0, 0.1) is 6.92 Å². The number of amides is 2. The van der Waals surface area contributed by atoms with Crippen LogP contribution in [-0.2, 0) is 0 Å². The van der Waals surface area contributed by atoms with E-state index in [0.29, 0.717) is 35.4 Å². The first kappa shape index (κ1) is 26.3. The van der Waals surface area contributed by atoms with Crippen molar-refractivity contribution in [1.29, 1.82) is 0 Å². The second-order valence-corrected chi connectivity index (χ2v) is 10.5. The lowest BCUT2D eigenvalue weighted by atomic mass is 9.89. The van der Waals surface area contributed by atoms with Crippen molar-refractivity contribution < 1.29 is 27.9 Å². The highest BCUT2D eigenvalue weighted by molar-refractivity contribution is 7.17. The summed E-state index contributed by atoms with van der Waals surface area (Å²) in [6, 6.07) is -0.328. The van der Waals surface area contributed by atoms with Crippen molar-refractivity contribution in [2.75, 3.05) is 11.9 Å². The molecule has 12 heteroatoms. The summed E-state index contributed by atoms with van der Waals surface area (Å²) in [6.07, 6.45) is -0.882. The standard InChI is InChI=1S/C24H30F3N5O3S/c1-4-17(24(25,26)27)30-18-8-12(2)16(11-28-18)20-19(23(35)32-7-5-6-13(32)3)31-22(36-20)21(34)29-14-9-15(33)10-14/h8,11,13-15,17,33H,4-7,9-10H2,1-3H3,(H,28,30)(H,29,34)/t13-,14?,15?,17+/m0/s1. The molecular weight excluding hydrogens is 495 g/mol. The van der Waals surface area contributed by atoms with Crippen molar-refractivity contribution in [2.45, 2.75) is 83.3 Å². The number of aliphatic hydroxyl groups excluding tert-OH is 1. The Kier molecular flexibility index (Phi) is 7.56. The second-order valence-electron chi connectivity index (χ2n) is 9.51. The first-order valence-electron chi connectivity index (χ1n) is 12.1. The minimum absolute atomic E-state index is 0.0416. The zero-order chi connectivity index (χ0) is 26.2. The molecule has 4 rings (SSSR count). The van der Waals surface area contributed by atoms with Crippen LogP contribution in [-0.4, -0.2) is 68.7 Å². The average molecular weight is 526 g/mol. The summed E-state index contributed by atoms with van der Waals surface area (Å²) in [4.78, 5) is 37.1. The van der Waals surface area contributed by atoms with E-state index < -0.39 is 24.2 Å². The monoisotopic (exact) mass is 525 g/mol. The number of halogens is 3. The molecule has 1 saturated heterocycles. The molecular formula is C24H30F3N5O3S. The molecule has 1 saturated carbocycles. The van der Waals surface area contributed by atoms with E-state index in [1.807, 2.05) is 6.92 Å². The molecule has 2 aromatic rings. The average Bonchev–Trinajstić information content (AvgIpc) is 3.42. The fraction of sp³-hybridized carbons (Fsp3) is 0.583. The van der Waals surface area contributed by atoms with E-state index in [1.165, 1.54) is 19.2 Å². The number of aromatic nitrogens is 2. The van der Waals surface area contributed by atoms with Gasteiger partial charge < -0.3 is 20.6 Å². The number of thiazole rings is 1. The first-order chi connectivity index (χ1) is 17.0. The molecule has 3 heterocycles. The Morgan fingerprint density at radius 2 is 2.06 bits per heavy atom. The Bertz CT molecular complexity index is 1130. The molecule has 0 bridgehead atoms. The molecule has 36 heavy (non-hydrogen) atoms. The molecule has 1 aliphatic heterocycles. The van der Waals surface area contributed by atoms with E-state index in [1.54, 1.807) is 11.8 Å². The summed E-state index contributed by atoms with van der Waals surface area (Å²) in [5.74, 6) is -0.631. The van der Waals surface area contributed by atoms with E-state index in [-0.39, 0.29) is 40.9 Å². The Hall–Kier alpha value is -2.73. The quantitative estimate of drug-likeness (QED) is 0.502. The molecule has 2 fully saturated rings. The van der Waals surface area contributed by atoms with Gasteiger partial charge in [0.05, 0.1) is 11.0 Å². The van der Waals surface area contributed by atoms with Gasteiger partial charge in [-0.2, -0.15) is 13.2 Å². The van der Waals surface area contributed by atoms with Crippen LogP contribution in [0.1, 0.15) is 71.8 Å². The van der Waals surface area contributed by atoms with Crippen molar-refractivity contribution in [2.24, 2.45) is 0 Å². The van der Waals surface area contributed by atoms with E-state index in [2.05, 4.69) is 20.6 Å². The second kappa shape index (κ2) is 10.3. The topological polar surface area (TPSA) is 107 Å². The minimum Gasteiger partial charge on any atom is -0.393 e. The molecule has 2 aliphatic rings. The van der Waals surface area contributed by atoms with Gasteiger partial charge in [0.1, 0.15) is 17.6 Å². The van der Waals surface area contributed by atoms with Gasteiger partial charge in [-0.1, -0.05) is 6.92 Å². The molecule has 0 unspecified atom stereocenters. The van der Waals surface area contributed by atoms with Crippen molar-refractivity contribution in [1.82, 2.24) is 20.2 Å². The molecule has 0 radical (unpaired) electrons. The van der Waals surface area contributed by atoms with E-state index in [9.17, 15) is 27.9 Å². The number of nitrogens with one attached hydrogen (secondary N) is 2. The van der Waals surface area contributed by atoms with E-state index in [4.69, 9.17) is 0 Å². The molecule has 2 amide bonds. The van der Waals surface area contributed by atoms with Gasteiger partial charge in [-0.15, -0.1) is 11.3 Å². The Balaban J connectivity index is 1.66. The van der Waals surface area contributed by atoms with Crippen molar-refractivity contribution in [3.63, 3.8) is 0 Å². The van der Waals surface area contributed by atoms with E-state index >= 15 is 0 Å². The highest BCUT2D eigenvalue weighted by Gasteiger charge is 2.38. The largest absolute Gasteiger partial charge is 0.408 e.